The summed E-state index contributed by atoms with van der Waals surface area (Å²) in [4.78, 5) is 50.8. The van der Waals surface area contributed by atoms with Gasteiger partial charge in [-0.15, -0.1) is 0 Å². The third-order valence-electron chi connectivity index (χ3n) is 4.74. The zero-order valence-corrected chi connectivity index (χ0v) is 18.2. The van der Waals surface area contributed by atoms with E-state index < -0.39 is 36.2 Å². The highest BCUT2D eigenvalue weighted by atomic mass is 35.5. The highest BCUT2D eigenvalue weighted by Crippen LogP contribution is 2.32. The van der Waals surface area contributed by atoms with Gasteiger partial charge in [-0.05, 0) is 37.3 Å². The van der Waals surface area contributed by atoms with Gasteiger partial charge in [0.15, 0.2) is 23.9 Å². The van der Waals surface area contributed by atoms with Crippen LogP contribution in [0.15, 0.2) is 30.3 Å². The molecule has 0 aliphatic carbocycles. The van der Waals surface area contributed by atoms with E-state index in [4.69, 9.17) is 37.4 Å². The van der Waals surface area contributed by atoms with E-state index in [1.165, 1.54) is 45.4 Å². The van der Waals surface area contributed by atoms with Crippen LogP contribution in [0.5, 0.6) is 11.5 Å². The Morgan fingerprint density at radius 2 is 1.48 bits per heavy atom. The number of carbonyl (C=O) groups excluding carboxylic acids is 4. The summed E-state index contributed by atoms with van der Waals surface area (Å²) >= 11 is 11.8. The largest absolute Gasteiger partial charge is 0.493 e. The van der Waals surface area contributed by atoms with Crippen molar-refractivity contribution in [3.63, 3.8) is 0 Å². The Hall–Kier alpha value is -3.10. The third-order valence-corrected chi connectivity index (χ3v) is 5.46. The average molecular weight is 466 g/mol. The summed E-state index contributed by atoms with van der Waals surface area (Å²) in [6.45, 7) is 0.744. The zero-order valence-electron chi connectivity index (χ0n) is 16.7. The number of methoxy groups -OCH3 is 2. The Balaban J connectivity index is 1.69. The topological polar surface area (TPSA) is 99.2 Å². The van der Waals surface area contributed by atoms with Crippen LogP contribution in [0.3, 0.4) is 0 Å². The second-order valence-electron chi connectivity index (χ2n) is 6.57. The molecule has 2 aromatic rings. The number of hydrogen-bond donors (Lipinski definition) is 0. The van der Waals surface area contributed by atoms with Gasteiger partial charge in [-0.25, -0.2) is 4.79 Å². The Morgan fingerprint density at radius 1 is 0.935 bits per heavy atom. The van der Waals surface area contributed by atoms with Gasteiger partial charge in [-0.2, -0.15) is 0 Å². The fourth-order valence-corrected chi connectivity index (χ4v) is 3.39. The van der Waals surface area contributed by atoms with Crippen LogP contribution in [0.25, 0.3) is 0 Å². The fourth-order valence-electron chi connectivity index (χ4n) is 3.06. The predicted octanol–water partition coefficient (Wildman–Crippen LogP) is 3.42. The number of halogens is 2. The lowest BCUT2D eigenvalue weighted by molar-refractivity contribution is -0.146. The van der Waals surface area contributed by atoms with E-state index in [2.05, 4.69) is 0 Å². The number of benzene rings is 2. The number of ketones is 1. The highest BCUT2D eigenvalue weighted by molar-refractivity contribution is 6.43. The Kier molecular flexibility index (Phi) is 6.52. The van der Waals surface area contributed by atoms with E-state index in [1.807, 2.05) is 0 Å². The first kappa shape index (κ1) is 22.6. The molecule has 162 valence electrons. The summed E-state index contributed by atoms with van der Waals surface area (Å²) < 4.78 is 15.3. The van der Waals surface area contributed by atoms with Crippen molar-refractivity contribution in [1.29, 1.82) is 0 Å². The van der Waals surface area contributed by atoms with Crippen molar-refractivity contribution in [1.82, 2.24) is 4.90 Å². The molecule has 3 rings (SSSR count). The maximum absolute atomic E-state index is 12.6. The number of imide groups is 1. The van der Waals surface area contributed by atoms with Crippen LogP contribution in [0.4, 0.5) is 0 Å². The van der Waals surface area contributed by atoms with E-state index in [9.17, 15) is 19.2 Å². The monoisotopic (exact) mass is 465 g/mol. The first-order chi connectivity index (χ1) is 14.7. The molecule has 0 aromatic heterocycles. The van der Waals surface area contributed by atoms with Crippen molar-refractivity contribution in [2.24, 2.45) is 0 Å². The van der Waals surface area contributed by atoms with E-state index in [0.717, 1.165) is 4.90 Å². The van der Waals surface area contributed by atoms with E-state index in [0.29, 0.717) is 11.5 Å². The first-order valence-corrected chi connectivity index (χ1v) is 9.74. The van der Waals surface area contributed by atoms with Crippen molar-refractivity contribution in [3.8, 4) is 11.5 Å². The van der Waals surface area contributed by atoms with E-state index in [-0.39, 0.29) is 26.7 Å². The summed E-state index contributed by atoms with van der Waals surface area (Å²) in [6.07, 6.45) is 0. The molecular weight excluding hydrogens is 449 g/mol. The molecule has 1 atom stereocenters. The van der Waals surface area contributed by atoms with Gasteiger partial charge in [-0.1, -0.05) is 23.2 Å². The number of fused-ring (bicyclic) bond motifs is 1. The lowest BCUT2D eigenvalue weighted by Gasteiger charge is -2.20. The molecule has 0 spiro atoms. The van der Waals surface area contributed by atoms with Gasteiger partial charge < -0.3 is 14.2 Å². The minimum absolute atomic E-state index is 0.0421. The third kappa shape index (κ3) is 4.22. The van der Waals surface area contributed by atoms with Crippen LogP contribution in [0, 0.1) is 0 Å². The molecule has 1 heterocycles. The van der Waals surface area contributed by atoms with Crippen LogP contribution < -0.4 is 9.47 Å². The molecule has 0 N–H and O–H groups in total. The second-order valence-corrected chi connectivity index (χ2v) is 7.38. The molecule has 0 fully saturated rings. The Bertz CT molecular complexity index is 1060. The number of amides is 2. The van der Waals surface area contributed by atoms with Gasteiger partial charge in [0, 0.05) is 5.56 Å². The lowest BCUT2D eigenvalue weighted by Crippen LogP contribution is -2.44. The van der Waals surface area contributed by atoms with Gasteiger partial charge in [0.1, 0.15) is 6.04 Å². The number of esters is 1. The van der Waals surface area contributed by atoms with E-state index >= 15 is 0 Å². The standard InChI is InChI=1S/C21H17Cl2NO7/c1-10(24-19(26)12-7-14(22)15(23)8-13(12)20(24)27)21(28)31-9-16(25)11-4-5-17(29-2)18(6-11)30-3/h4-8,10H,9H2,1-3H3. The zero-order chi connectivity index (χ0) is 22.9. The minimum atomic E-state index is -1.26. The average Bonchev–Trinajstić information content (AvgIpc) is 3.00. The number of Topliss-reactive ketones (excluding diaryl/α,β-unsaturated/α-hetero) is 1. The molecule has 2 amide bonds. The Morgan fingerprint density at radius 3 is 2.00 bits per heavy atom. The molecule has 1 aliphatic rings. The van der Waals surface area contributed by atoms with Gasteiger partial charge >= 0.3 is 5.97 Å². The van der Waals surface area contributed by atoms with Crippen LogP contribution in [0.1, 0.15) is 38.0 Å². The van der Waals surface area contributed by atoms with Crippen molar-refractivity contribution >= 4 is 46.8 Å². The van der Waals surface area contributed by atoms with Crippen LogP contribution in [0.2, 0.25) is 10.0 Å². The summed E-state index contributed by atoms with van der Waals surface area (Å²) in [5.74, 6) is -2.03. The number of nitrogens with zero attached hydrogens (tertiary/aromatic N) is 1. The number of carbonyl (C=O) groups is 4. The molecule has 2 aromatic carbocycles. The molecule has 0 bridgehead atoms. The second kappa shape index (κ2) is 8.95. The van der Waals surface area contributed by atoms with Gasteiger partial charge in [0.05, 0.1) is 35.4 Å². The normalized spacial score (nSPS) is 13.6. The predicted molar refractivity (Wildman–Crippen MR) is 111 cm³/mol. The molecule has 0 saturated carbocycles. The molecule has 0 saturated heterocycles. The molecule has 1 aliphatic heterocycles. The quantitative estimate of drug-likeness (QED) is 0.350. The van der Waals surface area contributed by atoms with Crippen molar-refractivity contribution in [3.05, 3.63) is 57.1 Å². The maximum atomic E-state index is 12.6. The molecule has 8 nitrogen and oxygen atoms in total. The fraction of sp³-hybridized carbons (Fsp3) is 0.238. The first-order valence-electron chi connectivity index (χ1n) is 8.98. The highest BCUT2D eigenvalue weighted by Gasteiger charge is 2.42. The molecule has 0 radical (unpaired) electrons. The van der Waals surface area contributed by atoms with Gasteiger partial charge in [0.2, 0.25) is 0 Å². The summed E-state index contributed by atoms with van der Waals surface area (Å²) in [7, 11) is 2.89. The molecular formula is C21H17Cl2NO7. The summed E-state index contributed by atoms with van der Waals surface area (Å²) in [5.41, 5.74) is 0.323. The summed E-state index contributed by atoms with van der Waals surface area (Å²) in [5, 5.41) is 0.221. The SMILES string of the molecule is COc1ccc(C(=O)COC(=O)C(C)N2C(=O)c3cc(Cl)c(Cl)cc3C2=O)cc1OC. The molecule has 1 unspecified atom stereocenters. The van der Waals surface area contributed by atoms with Crippen LogP contribution in [-0.4, -0.2) is 55.3 Å². The lowest BCUT2D eigenvalue weighted by atomic mass is 10.1. The maximum Gasteiger partial charge on any atom is 0.329 e. The van der Waals surface area contributed by atoms with Gasteiger partial charge in [0.25, 0.3) is 11.8 Å². The number of ether oxygens (including phenoxy) is 3. The summed E-state index contributed by atoms with van der Waals surface area (Å²) in [6, 6.07) is 5.79. The smallest absolute Gasteiger partial charge is 0.329 e. The van der Waals surface area contributed by atoms with Gasteiger partial charge in [-0.3, -0.25) is 19.3 Å². The number of hydrogen-bond acceptors (Lipinski definition) is 7. The Labute approximate surface area is 187 Å². The van der Waals surface area contributed by atoms with Crippen LogP contribution >= 0.6 is 23.2 Å². The minimum Gasteiger partial charge on any atom is -0.493 e. The van der Waals surface area contributed by atoms with Crippen molar-refractivity contribution in [2.45, 2.75) is 13.0 Å². The van der Waals surface area contributed by atoms with Crippen molar-refractivity contribution < 1.29 is 33.4 Å². The van der Waals surface area contributed by atoms with Crippen LogP contribution in [-0.2, 0) is 9.53 Å². The van der Waals surface area contributed by atoms with Crippen molar-refractivity contribution in [2.75, 3.05) is 20.8 Å². The molecule has 10 heteroatoms. The molecule has 31 heavy (non-hydrogen) atoms. The van der Waals surface area contributed by atoms with E-state index in [1.54, 1.807) is 6.07 Å². The number of rotatable bonds is 7.